The van der Waals surface area contributed by atoms with Crippen LogP contribution < -0.4 is 10.6 Å². The molecule has 1 aliphatic rings. The largest absolute Gasteiger partial charge is 0.462 e. The molecule has 1 heterocycles. The van der Waals surface area contributed by atoms with Crippen molar-refractivity contribution in [2.24, 2.45) is 0 Å². The molecule has 1 aliphatic carbocycles. The molecule has 116 valence electrons. The minimum atomic E-state index is -0.365. The normalized spacial score (nSPS) is 21.9. The van der Waals surface area contributed by atoms with Gasteiger partial charge in [-0.15, -0.1) is 0 Å². The van der Waals surface area contributed by atoms with Gasteiger partial charge in [-0.1, -0.05) is 0 Å². The fraction of sp³-hybridized carbons (Fsp3) is 0.667. The van der Waals surface area contributed by atoms with E-state index in [1.807, 2.05) is 7.05 Å². The van der Waals surface area contributed by atoms with E-state index >= 15 is 0 Å². The lowest BCUT2D eigenvalue weighted by Crippen LogP contribution is -2.35. The standard InChI is InChI=1S/C15H24N4O2/c1-4-21-14(20)13-9-17-15(18-10(13)2)19-12-7-5-11(16-3)6-8-12/h9,11-12,16H,4-8H2,1-3H3,(H,17,18,19). The molecule has 2 rings (SSSR count). The third-order valence-electron chi connectivity index (χ3n) is 3.94. The SMILES string of the molecule is CCOC(=O)c1cnc(NC2CCC(NC)CC2)nc1C. The maximum atomic E-state index is 11.7. The molecule has 0 aliphatic heterocycles. The molecule has 0 atom stereocenters. The van der Waals surface area contributed by atoms with E-state index in [-0.39, 0.29) is 5.97 Å². The highest BCUT2D eigenvalue weighted by atomic mass is 16.5. The molecule has 21 heavy (non-hydrogen) atoms. The van der Waals surface area contributed by atoms with Gasteiger partial charge >= 0.3 is 5.97 Å². The molecule has 1 aromatic rings. The van der Waals surface area contributed by atoms with E-state index in [4.69, 9.17) is 4.74 Å². The van der Waals surface area contributed by atoms with Gasteiger partial charge in [0, 0.05) is 18.3 Å². The Labute approximate surface area is 125 Å². The van der Waals surface area contributed by atoms with E-state index in [0.29, 0.717) is 35.9 Å². The molecule has 0 aromatic carbocycles. The summed E-state index contributed by atoms with van der Waals surface area (Å²) in [4.78, 5) is 20.3. The van der Waals surface area contributed by atoms with Gasteiger partial charge in [0.1, 0.15) is 0 Å². The summed E-state index contributed by atoms with van der Waals surface area (Å²) in [6, 6.07) is 1.03. The van der Waals surface area contributed by atoms with Gasteiger partial charge in [0.2, 0.25) is 5.95 Å². The lowest BCUT2D eigenvalue weighted by molar-refractivity contribution is 0.0524. The predicted octanol–water partition coefficient (Wildman–Crippen LogP) is 1.90. The zero-order valence-electron chi connectivity index (χ0n) is 13.0. The van der Waals surface area contributed by atoms with Gasteiger partial charge in [0.25, 0.3) is 0 Å². The highest BCUT2D eigenvalue weighted by Crippen LogP contribution is 2.21. The lowest BCUT2D eigenvalue weighted by Gasteiger charge is -2.28. The van der Waals surface area contributed by atoms with Crippen molar-refractivity contribution < 1.29 is 9.53 Å². The summed E-state index contributed by atoms with van der Waals surface area (Å²) in [7, 11) is 2.01. The van der Waals surface area contributed by atoms with Crippen molar-refractivity contribution in [3.8, 4) is 0 Å². The Morgan fingerprint density at radius 1 is 1.33 bits per heavy atom. The Balaban J connectivity index is 1.96. The van der Waals surface area contributed by atoms with Crippen LogP contribution in [-0.4, -0.2) is 41.7 Å². The summed E-state index contributed by atoms with van der Waals surface area (Å²) >= 11 is 0. The second kappa shape index (κ2) is 7.36. The van der Waals surface area contributed by atoms with Gasteiger partial charge < -0.3 is 15.4 Å². The molecule has 1 fully saturated rings. The Bertz CT molecular complexity index is 485. The van der Waals surface area contributed by atoms with E-state index < -0.39 is 0 Å². The monoisotopic (exact) mass is 292 g/mol. The Kier molecular flexibility index (Phi) is 5.50. The zero-order valence-corrected chi connectivity index (χ0v) is 13.0. The highest BCUT2D eigenvalue weighted by Gasteiger charge is 2.21. The number of ether oxygens (including phenoxy) is 1. The van der Waals surface area contributed by atoms with Crippen LogP contribution in [0.2, 0.25) is 0 Å². The predicted molar refractivity (Wildman–Crippen MR) is 81.5 cm³/mol. The third-order valence-corrected chi connectivity index (χ3v) is 3.94. The number of nitrogens with one attached hydrogen (secondary N) is 2. The van der Waals surface area contributed by atoms with Crippen molar-refractivity contribution >= 4 is 11.9 Å². The summed E-state index contributed by atoms with van der Waals surface area (Å²) in [6.45, 7) is 3.94. The highest BCUT2D eigenvalue weighted by molar-refractivity contribution is 5.90. The summed E-state index contributed by atoms with van der Waals surface area (Å²) in [6.07, 6.45) is 6.07. The van der Waals surface area contributed by atoms with Crippen LogP contribution in [-0.2, 0) is 4.74 Å². The van der Waals surface area contributed by atoms with E-state index in [0.717, 1.165) is 25.7 Å². The molecule has 6 nitrogen and oxygen atoms in total. The number of carbonyl (C=O) groups excluding carboxylic acids is 1. The fourth-order valence-electron chi connectivity index (χ4n) is 2.65. The number of aryl methyl sites for hydroxylation is 1. The van der Waals surface area contributed by atoms with Gasteiger partial charge in [-0.25, -0.2) is 14.8 Å². The molecule has 1 aromatic heterocycles. The number of anilines is 1. The van der Waals surface area contributed by atoms with Gasteiger partial charge in [-0.2, -0.15) is 0 Å². The first-order chi connectivity index (χ1) is 10.1. The van der Waals surface area contributed by atoms with Crippen molar-refractivity contribution in [1.82, 2.24) is 15.3 Å². The molecule has 1 saturated carbocycles. The average molecular weight is 292 g/mol. The molecule has 0 amide bonds. The third kappa shape index (κ3) is 4.14. The minimum Gasteiger partial charge on any atom is -0.462 e. The quantitative estimate of drug-likeness (QED) is 0.807. The van der Waals surface area contributed by atoms with Crippen LogP contribution in [0.4, 0.5) is 5.95 Å². The van der Waals surface area contributed by atoms with Crippen molar-refractivity contribution in [3.05, 3.63) is 17.5 Å². The summed E-state index contributed by atoms with van der Waals surface area (Å²) in [5.41, 5.74) is 1.08. The number of rotatable bonds is 5. The number of carbonyl (C=O) groups is 1. The topological polar surface area (TPSA) is 76.1 Å². The molecule has 0 spiro atoms. The van der Waals surface area contributed by atoms with E-state index in [1.165, 1.54) is 0 Å². The zero-order chi connectivity index (χ0) is 15.2. The van der Waals surface area contributed by atoms with E-state index in [2.05, 4.69) is 20.6 Å². The molecule has 0 radical (unpaired) electrons. The number of aromatic nitrogens is 2. The molecule has 0 saturated heterocycles. The van der Waals surface area contributed by atoms with Gasteiger partial charge in [0.15, 0.2) is 0 Å². The van der Waals surface area contributed by atoms with E-state index in [1.54, 1.807) is 20.0 Å². The Morgan fingerprint density at radius 3 is 2.57 bits per heavy atom. The Hall–Kier alpha value is -1.69. The van der Waals surface area contributed by atoms with Crippen LogP contribution in [0.5, 0.6) is 0 Å². The van der Waals surface area contributed by atoms with Crippen molar-refractivity contribution in [3.63, 3.8) is 0 Å². The maximum Gasteiger partial charge on any atom is 0.341 e. The molecular weight excluding hydrogens is 268 g/mol. The number of hydrogen-bond donors (Lipinski definition) is 2. The van der Waals surface area contributed by atoms with Crippen molar-refractivity contribution in [1.29, 1.82) is 0 Å². The van der Waals surface area contributed by atoms with E-state index in [9.17, 15) is 4.79 Å². The van der Waals surface area contributed by atoms with Crippen LogP contribution >= 0.6 is 0 Å². The molecule has 0 unspecified atom stereocenters. The van der Waals surface area contributed by atoms with Crippen LogP contribution in [0.15, 0.2) is 6.20 Å². The summed E-state index contributed by atoms with van der Waals surface area (Å²) in [5.74, 6) is 0.226. The average Bonchev–Trinajstić information content (AvgIpc) is 2.48. The van der Waals surface area contributed by atoms with Gasteiger partial charge in [-0.3, -0.25) is 0 Å². The van der Waals surface area contributed by atoms with Gasteiger partial charge in [-0.05, 0) is 46.6 Å². The van der Waals surface area contributed by atoms with Crippen LogP contribution in [0.3, 0.4) is 0 Å². The molecule has 0 bridgehead atoms. The molecule has 2 N–H and O–H groups in total. The first-order valence-electron chi connectivity index (χ1n) is 7.58. The number of esters is 1. The molecule has 6 heteroatoms. The van der Waals surface area contributed by atoms with Gasteiger partial charge in [0.05, 0.1) is 17.9 Å². The number of hydrogen-bond acceptors (Lipinski definition) is 6. The second-order valence-electron chi connectivity index (χ2n) is 5.39. The van der Waals surface area contributed by atoms with Crippen LogP contribution in [0.1, 0.15) is 48.7 Å². The summed E-state index contributed by atoms with van der Waals surface area (Å²) < 4.78 is 4.98. The second-order valence-corrected chi connectivity index (χ2v) is 5.39. The minimum absolute atomic E-state index is 0.354. The first kappa shape index (κ1) is 15.7. The van der Waals surface area contributed by atoms with Crippen LogP contribution in [0.25, 0.3) is 0 Å². The van der Waals surface area contributed by atoms with Crippen LogP contribution in [0, 0.1) is 6.92 Å². The smallest absolute Gasteiger partial charge is 0.341 e. The number of nitrogens with zero attached hydrogens (tertiary/aromatic N) is 2. The maximum absolute atomic E-state index is 11.7. The first-order valence-corrected chi connectivity index (χ1v) is 7.58. The Morgan fingerprint density at radius 2 is 2.00 bits per heavy atom. The molecular formula is C15H24N4O2. The van der Waals surface area contributed by atoms with Crippen molar-refractivity contribution in [2.75, 3.05) is 19.0 Å². The fourth-order valence-corrected chi connectivity index (χ4v) is 2.65. The van der Waals surface area contributed by atoms with Crippen molar-refractivity contribution in [2.45, 2.75) is 51.6 Å². The summed E-state index contributed by atoms with van der Waals surface area (Å²) in [5, 5.41) is 6.68. The lowest BCUT2D eigenvalue weighted by atomic mass is 9.91.